The lowest BCUT2D eigenvalue weighted by atomic mass is 10.1. The summed E-state index contributed by atoms with van der Waals surface area (Å²) in [6.45, 7) is 1.42. The SMILES string of the molecule is NCCCCC(=O)NC(CCCN)C(=O)NC(C=O)CCCN. The zero-order chi connectivity index (χ0) is 17.5. The van der Waals surface area contributed by atoms with Gasteiger partial charge >= 0.3 is 0 Å². The standard InChI is InChI=1S/C15H31N5O3/c16-8-2-1-7-14(22)20-13(6-4-10-18)15(23)19-12(11-21)5-3-9-17/h11-13H,1-10,16-18H2,(H,19,23)(H,20,22). The van der Waals surface area contributed by atoms with Crippen LogP contribution >= 0.6 is 0 Å². The van der Waals surface area contributed by atoms with E-state index < -0.39 is 12.1 Å². The second kappa shape index (κ2) is 14.1. The van der Waals surface area contributed by atoms with E-state index in [1.165, 1.54) is 0 Å². The Labute approximate surface area is 137 Å². The van der Waals surface area contributed by atoms with Crippen molar-refractivity contribution in [3.8, 4) is 0 Å². The van der Waals surface area contributed by atoms with Crippen LogP contribution in [0, 0.1) is 0 Å². The van der Waals surface area contributed by atoms with E-state index in [0.717, 1.165) is 6.42 Å². The Kier molecular flexibility index (Phi) is 13.2. The minimum atomic E-state index is -0.677. The molecule has 23 heavy (non-hydrogen) atoms. The van der Waals surface area contributed by atoms with Gasteiger partial charge in [-0.2, -0.15) is 0 Å². The minimum absolute atomic E-state index is 0.194. The van der Waals surface area contributed by atoms with Gasteiger partial charge in [-0.3, -0.25) is 9.59 Å². The number of amides is 2. The van der Waals surface area contributed by atoms with Crippen LogP contribution in [-0.2, 0) is 14.4 Å². The molecule has 0 aromatic rings. The lowest BCUT2D eigenvalue weighted by Gasteiger charge is -2.20. The van der Waals surface area contributed by atoms with Crippen molar-refractivity contribution >= 4 is 18.1 Å². The summed E-state index contributed by atoms with van der Waals surface area (Å²) in [5.74, 6) is -0.556. The minimum Gasteiger partial charge on any atom is -0.345 e. The highest BCUT2D eigenvalue weighted by atomic mass is 16.2. The third kappa shape index (κ3) is 10.8. The molecule has 0 saturated heterocycles. The second-order valence-electron chi connectivity index (χ2n) is 5.48. The summed E-state index contributed by atoms with van der Waals surface area (Å²) in [5, 5.41) is 5.35. The van der Waals surface area contributed by atoms with Crippen LogP contribution in [0.2, 0.25) is 0 Å². The lowest BCUT2D eigenvalue weighted by molar-refractivity contribution is -0.130. The number of nitrogens with one attached hydrogen (secondary N) is 2. The third-order valence-corrected chi connectivity index (χ3v) is 3.42. The van der Waals surface area contributed by atoms with Crippen LogP contribution in [0.15, 0.2) is 0 Å². The highest BCUT2D eigenvalue weighted by Gasteiger charge is 2.22. The fraction of sp³-hybridized carbons (Fsp3) is 0.800. The van der Waals surface area contributed by atoms with Gasteiger partial charge in [-0.05, 0) is 58.2 Å². The fourth-order valence-corrected chi connectivity index (χ4v) is 2.08. The Morgan fingerprint density at radius 2 is 1.48 bits per heavy atom. The van der Waals surface area contributed by atoms with Crippen molar-refractivity contribution in [2.75, 3.05) is 19.6 Å². The topological polar surface area (TPSA) is 153 Å². The molecule has 8 nitrogen and oxygen atoms in total. The predicted octanol–water partition coefficient (Wildman–Crippen LogP) is -1.24. The molecule has 2 unspecified atom stereocenters. The number of carbonyl (C=O) groups is 3. The van der Waals surface area contributed by atoms with Gasteiger partial charge < -0.3 is 32.6 Å². The summed E-state index contributed by atoms with van der Waals surface area (Å²) in [4.78, 5) is 35.1. The van der Waals surface area contributed by atoms with E-state index in [1.54, 1.807) is 0 Å². The van der Waals surface area contributed by atoms with Gasteiger partial charge in [-0.15, -0.1) is 0 Å². The largest absolute Gasteiger partial charge is 0.345 e. The van der Waals surface area contributed by atoms with Crippen LogP contribution in [0.25, 0.3) is 0 Å². The van der Waals surface area contributed by atoms with Crippen LogP contribution < -0.4 is 27.8 Å². The Balaban J connectivity index is 4.51. The summed E-state index contributed by atoms with van der Waals surface area (Å²) in [7, 11) is 0. The van der Waals surface area contributed by atoms with E-state index >= 15 is 0 Å². The zero-order valence-electron chi connectivity index (χ0n) is 13.8. The molecule has 8 heteroatoms. The Bertz CT molecular complexity index is 352. The van der Waals surface area contributed by atoms with Crippen LogP contribution in [0.3, 0.4) is 0 Å². The summed E-state index contributed by atoms with van der Waals surface area (Å²) < 4.78 is 0. The van der Waals surface area contributed by atoms with Crippen molar-refractivity contribution in [2.45, 2.75) is 57.0 Å². The molecule has 8 N–H and O–H groups in total. The maximum atomic E-state index is 12.3. The average Bonchev–Trinajstić information content (AvgIpc) is 2.55. The molecule has 2 atom stereocenters. The lowest BCUT2D eigenvalue weighted by Crippen LogP contribution is -2.50. The number of hydrogen-bond acceptors (Lipinski definition) is 6. The van der Waals surface area contributed by atoms with Crippen LogP contribution in [-0.4, -0.2) is 49.8 Å². The number of hydrogen-bond donors (Lipinski definition) is 5. The van der Waals surface area contributed by atoms with Crippen LogP contribution in [0.4, 0.5) is 0 Å². The molecular weight excluding hydrogens is 298 g/mol. The average molecular weight is 329 g/mol. The Morgan fingerprint density at radius 1 is 0.870 bits per heavy atom. The molecule has 0 rings (SSSR count). The first-order valence-corrected chi connectivity index (χ1v) is 8.24. The van der Waals surface area contributed by atoms with Gasteiger partial charge in [0.25, 0.3) is 0 Å². The van der Waals surface area contributed by atoms with Crippen LogP contribution in [0.5, 0.6) is 0 Å². The van der Waals surface area contributed by atoms with E-state index in [4.69, 9.17) is 17.2 Å². The Hall–Kier alpha value is -1.51. The number of unbranched alkanes of at least 4 members (excludes halogenated alkanes) is 1. The molecule has 0 aliphatic heterocycles. The molecule has 0 heterocycles. The molecule has 134 valence electrons. The normalized spacial score (nSPS) is 13.2. The first-order valence-electron chi connectivity index (χ1n) is 8.24. The van der Waals surface area contributed by atoms with E-state index in [1.807, 2.05) is 0 Å². The second-order valence-corrected chi connectivity index (χ2v) is 5.48. The molecule has 0 saturated carbocycles. The summed E-state index contributed by atoms with van der Waals surface area (Å²) >= 11 is 0. The van der Waals surface area contributed by atoms with Crippen molar-refractivity contribution in [2.24, 2.45) is 17.2 Å². The molecule has 0 fully saturated rings. The molecular formula is C15H31N5O3. The van der Waals surface area contributed by atoms with Gasteiger partial charge in [-0.25, -0.2) is 0 Å². The smallest absolute Gasteiger partial charge is 0.243 e. The van der Waals surface area contributed by atoms with E-state index in [2.05, 4.69) is 10.6 Å². The van der Waals surface area contributed by atoms with Crippen molar-refractivity contribution in [3.05, 3.63) is 0 Å². The fourth-order valence-electron chi connectivity index (χ4n) is 2.08. The number of rotatable bonds is 14. The van der Waals surface area contributed by atoms with Gasteiger partial charge in [0.15, 0.2) is 0 Å². The monoisotopic (exact) mass is 329 g/mol. The Morgan fingerprint density at radius 3 is 2.04 bits per heavy atom. The molecule has 0 bridgehead atoms. The molecule has 0 aromatic heterocycles. The third-order valence-electron chi connectivity index (χ3n) is 3.42. The molecule has 0 spiro atoms. The number of aldehydes is 1. The maximum Gasteiger partial charge on any atom is 0.243 e. The molecule has 2 amide bonds. The zero-order valence-corrected chi connectivity index (χ0v) is 13.8. The first-order chi connectivity index (χ1) is 11.1. The molecule has 0 aliphatic rings. The van der Waals surface area contributed by atoms with Gasteiger partial charge in [0.1, 0.15) is 12.3 Å². The van der Waals surface area contributed by atoms with Gasteiger partial charge in [0, 0.05) is 6.42 Å². The first kappa shape index (κ1) is 21.5. The maximum absolute atomic E-state index is 12.3. The van der Waals surface area contributed by atoms with Gasteiger partial charge in [0.2, 0.25) is 11.8 Å². The number of nitrogens with two attached hydrogens (primary N) is 3. The van der Waals surface area contributed by atoms with E-state index in [0.29, 0.717) is 64.4 Å². The van der Waals surface area contributed by atoms with Gasteiger partial charge in [-0.1, -0.05) is 0 Å². The summed E-state index contributed by atoms with van der Waals surface area (Å²) in [6, 6.07) is -1.26. The summed E-state index contributed by atoms with van der Waals surface area (Å²) in [6.07, 6.45) is 4.64. The van der Waals surface area contributed by atoms with Gasteiger partial charge in [0.05, 0.1) is 6.04 Å². The number of carbonyl (C=O) groups excluding carboxylic acids is 3. The van der Waals surface area contributed by atoms with Crippen molar-refractivity contribution in [1.29, 1.82) is 0 Å². The van der Waals surface area contributed by atoms with Crippen molar-refractivity contribution in [3.63, 3.8) is 0 Å². The summed E-state index contributed by atoms with van der Waals surface area (Å²) in [5.41, 5.74) is 16.3. The molecule has 0 radical (unpaired) electrons. The van der Waals surface area contributed by atoms with Crippen molar-refractivity contribution in [1.82, 2.24) is 10.6 Å². The predicted molar refractivity (Wildman–Crippen MR) is 89.4 cm³/mol. The molecule has 0 aliphatic carbocycles. The quantitative estimate of drug-likeness (QED) is 0.198. The van der Waals surface area contributed by atoms with Crippen molar-refractivity contribution < 1.29 is 14.4 Å². The highest BCUT2D eigenvalue weighted by Crippen LogP contribution is 2.02. The van der Waals surface area contributed by atoms with Crippen LogP contribution in [0.1, 0.15) is 44.9 Å². The van der Waals surface area contributed by atoms with E-state index in [9.17, 15) is 14.4 Å². The molecule has 0 aromatic carbocycles. The highest BCUT2D eigenvalue weighted by molar-refractivity contribution is 5.89. The van der Waals surface area contributed by atoms with E-state index in [-0.39, 0.29) is 11.8 Å².